The quantitative estimate of drug-likeness (QED) is 0.536. The summed E-state index contributed by atoms with van der Waals surface area (Å²) in [6.45, 7) is 6.83. The molecular weight excluding hydrogens is 402 g/mol. The second-order valence-corrected chi connectivity index (χ2v) is 9.57. The molecule has 0 bridgehead atoms. The number of hydrogen-bond acceptors (Lipinski definition) is 4. The average Bonchev–Trinajstić information content (AvgIpc) is 2.99. The summed E-state index contributed by atoms with van der Waals surface area (Å²) >= 11 is 1.58. The molecule has 1 aromatic heterocycles. The minimum absolute atomic E-state index is 0.0878. The van der Waals surface area contributed by atoms with Crippen LogP contribution in [-0.2, 0) is 0 Å². The molecule has 0 spiro atoms. The lowest BCUT2D eigenvalue weighted by molar-refractivity contribution is 0.0929. The zero-order valence-electron chi connectivity index (χ0n) is 18.4. The maximum absolute atomic E-state index is 13.2. The van der Waals surface area contributed by atoms with E-state index < -0.39 is 0 Å². The summed E-state index contributed by atoms with van der Waals surface area (Å²) < 4.78 is 0. The van der Waals surface area contributed by atoms with Crippen molar-refractivity contribution in [2.75, 3.05) is 19.6 Å². The molecule has 1 aliphatic rings. The van der Waals surface area contributed by atoms with Crippen LogP contribution in [0, 0.1) is 13.8 Å². The van der Waals surface area contributed by atoms with E-state index in [1.165, 1.54) is 36.8 Å². The Kier molecular flexibility index (Phi) is 7.15. The van der Waals surface area contributed by atoms with Crippen molar-refractivity contribution in [2.45, 2.75) is 45.6 Å². The third-order valence-electron chi connectivity index (χ3n) is 5.98. The van der Waals surface area contributed by atoms with Gasteiger partial charge in [-0.1, -0.05) is 73.0 Å². The van der Waals surface area contributed by atoms with E-state index in [0.29, 0.717) is 12.2 Å². The molecular formula is C26H31N3OS. The Bertz CT molecular complexity index is 989. The molecule has 5 heteroatoms. The number of benzene rings is 2. The van der Waals surface area contributed by atoms with Crippen LogP contribution in [0.2, 0.25) is 0 Å². The Labute approximate surface area is 189 Å². The number of amides is 1. The van der Waals surface area contributed by atoms with Gasteiger partial charge in [-0.3, -0.25) is 9.69 Å². The number of nitrogens with one attached hydrogen (secondary N) is 1. The van der Waals surface area contributed by atoms with Crippen molar-refractivity contribution in [1.82, 2.24) is 15.2 Å². The average molecular weight is 434 g/mol. The lowest BCUT2D eigenvalue weighted by Gasteiger charge is -2.31. The first-order chi connectivity index (χ1) is 15.1. The lowest BCUT2D eigenvalue weighted by Crippen LogP contribution is -2.39. The molecule has 3 aromatic rings. The molecule has 0 radical (unpaired) electrons. The van der Waals surface area contributed by atoms with Crippen molar-refractivity contribution in [3.63, 3.8) is 0 Å². The van der Waals surface area contributed by atoms with Gasteiger partial charge in [-0.2, -0.15) is 0 Å². The smallest absolute Gasteiger partial charge is 0.271 e. The van der Waals surface area contributed by atoms with Crippen LogP contribution in [0.25, 0.3) is 10.4 Å². The molecule has 1 unspecified atom stereocenters. The number of carbonyl (C=O) groups excluding carboxylic acids is 1. The van der Waals surface area contributed by atoms with Crippen LogP contribution < -0.4 is 5.32 Å². The summed E-state index contributed by atoms with van der Waals surface area (Å²) in [7, 11) is 0. The highest BCUT2D eigenvalue weighted by Gasteiger charge is 2.24. The molecule has 1 atom stereocenters. The van der Waals surface area contributed by atoms with Gasteiger partial charge >= 0.3 is 0 Å². The van der Waals surface area contributed by atoms with Gasteiger partial charge in [0.15, 0.2) is 0 Å². The summed E-state index contributed by atoms with van der Waals surface area (Å²) in [4.78, 5) is 21.3. The highest BCUT2D eigenvalue weighted by Crippen LogP contribution is 2.30. The van der Waals surface area contributed by atoms with Gasteiger partial charge in [0, 0.05) is 6.54 Å². The summed E-state index contributed by atoms with van der Waals surface area (Å²) in [6.07, 6.45) is 5.03. The fourth-order valence-corrected chi connectivity index (χ4v) is 5.21. The molecule has 2 aromatic carbocycles. The number of thiazole rings is 1. The number of rotatable bonds is 6. The normalized spacial score (nSPS) is 15.9. The van der Waals surface area contributed by atoms with Crippen molar-refractivity contribution >= 4 is 17.2 Å². The predicted molar refractivity (Wildman–Crippen MR) is 129 cm³/mol. The van der Waals surface area contributed by atoms with Gasteiger partial charge < -0.3 is 5.32 Å². The highest BCUT2D eigenvalue weighted by molar-refractivity contribution is 7.15. The van der Waals surface area contributed by atoms with Gasteiger partial charge in [0.2, 0.25) is 0 Å². The Hall–Kier alpha value is -2.50. The zero-order valence-corrected chi connectivity index (χ0v) is 19.3. The third kappa shape index (κ3) is 5.41. The van der Waals surface area contributed by atoms with Crippen molar-refractivity contribution < 1.29 is 4.79 Å². The Morgan fingerprint density at radius 2 is 1.68 bits per heavy atom. The monoisotopic (exact) mass is 433 g/mol. The Morgan fingerprint density at radius 3 is 2.35 bits per heavy atom. The molecule has 0 aliphatic carbocycles. The highest BCUT2D eigenvalue weighted by atomic mass is 32.1. The molecule has 2 heterocycles. The standard InChI is InChI=1S/C26H31N3OS/c1-19-12-14-21(15-13-19)23(29-16-8-3-4-9-17-29)18-27-26(30)24-25(31-20(2)28-24)22-10-6-5-7-11-22/h5-7,10-15,23H,3-4,8-9,16-18H2,1-2H3,(H,27,30). The third-order valence-corrected chi connectivity index (χ3v) is 7.00. The van der Waals surface area contributed by atoms with E-state index in [4.69, 9.17) is 0 Å². The van der Waals surface area contributed by atoms with Crippen LogP contribution in [-0.4, -0.2) is 35.4 Å². The summed E-state index contributed by atoms with van der Waals surface area (Å²) in [5.41, 5.74) is 4.10. The van der Waals surface area contributed by atoms with E-state index in [0.717, 1.165) is 28.5 Å². The molecule has 1 saturated heterocycles. The number of carbonyl (C=O) groups is 1. The van der Waals surface area contributed by atoms with Crippen LogP contribution in [0.1, 0.15) is 58.3 Å². The van der Waals surface area contributed by atoms with Gasteiger partial charge in [-0.05, 0) is 50.9 Å². The number of aromatic nitrogens is 1. The predicted octanol–water partition coefficient (Wildman–Crippen LogP) is 5.77. The number of hydrogen-bond donors (Lipinski definition) is 1. The van der Waals surface area contributed by atoms with Crippen LogP contribution >= 0.6 is 11.3 Å². The maximum atomic E-state index is 13.2. The minimum atomic E-state index is -0.0878. The van der Waals surface area contributed by atoms with Crippen molar-refractivity contribution in [3.05, 3.63) is 76.4 Å². The summed E-state index contributed by atoms with van der Waals surface area (Å²) in [6, 6.07) is 19.0. The topological polar surface area (TPSA) is 45.2 Å². The van der Waals surface area contributed by atoms with E-state index in [1.54, 1.807) is 11.3 Å². The summed E-state index contributed by atoms with van der Waals surface area (Å²) in [5.74, 6) is -0.0878. The number of nitrogens with zero attached hydrogens (tertiary/aromatic N) is 2. The lowest BCUT2D eigenvalue weighted by atomic mass is 10.0. The van der Waals surface area contributed by atoms with Crippen LogP contribution in [0.5, 0.6) is 0 Å². The molecule has 1 aliphatic heterocycles. The zero-order chi connectivity index (χ0) is 21.6. The first kappa shape index (κ1) is 21.7. The number of likely N-dealkylation sites (tertiary alicyclic amines) is 1. The van der Waals surface area contributed by atoms with E-state index in [-0.39, 0.29) is 11.9 Å². The molecule has 1 N–H and O–H groups in total. The van der Waals surface area contributed by atoms with E-state index in [1.807, 2.05) is 37.3 Å². The molecule has 4 nitrogen and oxygen atoms in total. The largest absolute Gasteiger partial charge is 0.349 e. The second-order valence-electron chi connectivity index (χ2n) is 8.36. The molecule has 162 valence electrons. The van der Waals surface area contributed by atoms with Gasteiger partial charge in [-0.15, -0.1) is 11.3 Å². The molecule has 4 rings (SSSR count). The molecule has 31 heavy (non-hydrogen) atoms. The van der Waals surface area contributed by atoms with Crippen molar-refractivity contribution in [1.29, 1.82) is 0 Å². The fourth-order valence-electron chi connectivity index (χ4n) is 4.29. The SMILES string of the molecule is Cc1ccc(C(CNC(=O)c2nc(C)sc2-c2ccccc2)N2CCCCCC2)cc1. The minimum Gasteiger partial charge on any atom is -0.349 e. The first-order valence-corrected chi connectivity index (χ1v) is 12.0. The Morgan fingerprint density at radius 1 is 1.00 bits per heavy atom. The maximum Gasteiger partial charge on any atom is 0.271 e. The van der Waals surface area contributed by atoms with Crippen LogP contribution in [0.15, 0.2) is 54.6 Å². The van der Waals surface area contributed by atoms with Gasteiger partial charge in [-0.25, -0.2) is 4.98 Å². The molecule has 0 saturated carbocycles. The van der Waals surface area contributed by atoms with Gasteiger partial charge in [0.05, 0.1) is 15.9 Å². The van der Waals surface area contributed by atoms with Crippen LogP contribution in [0.3, 0.4) is 0 Å². The first-order valence-electron chi connectivity index (χ1n) is 11.2. The van der Waals surface area contributed by atoms with E-state index >= 15 is 0 Å². The molecule has 1 amide bonds. The van der Waals surface area contributed by atoms with E-state index in [9.17, 15) is 4.79 Å². The van der Waals surface area contributed by atoms with Gasteiger partial charge in [0.25, 0.3) is 5.91 Å². The van der Waals surface area contributed by atoms with Crippen molar-refractivity contribution in [2.24, 2.45) is 0 Å². The fraction of sp³-hybridized carbons (Fsp3) is 0.385. The summed E-state index contributed by atoms with van der Waals surface area (Å²) in [5, 5.41) is 4.13. The van der Waals surface area contributed by atoms with Gasteiger partial charge in [0.1, 0.15) is 5.69 Å². The van der Waals surface area contributed by atoms with E-state index in [2.05, 4.69) is 46.4 Å². The molecule has 1 fully saturated rings. The van der Waals surface area contributed by atoms with Crippen LogP contribution in [0.4, 0.5) is 0 Å². The Balaban J connectivity index is 1.54. The van der Waals surface area contributed by atoms with Crippen molar-refractivity contribution in [3.8, 4) is 10.4 Å². The second kappa shape index (κ2) is 10.2. The number of aryl methyl sites for hydroxylation is 2.